The predicted octanol–water partition coefficient (Wildman–Crippen LogP) is 5.47. The van der Waals surface area contributed by atoms with Crippen LogP contribution in [0, 0.1) is 6.92 Å². The molecule has 7 heteroatoms. The van der Waals surface area contributed by atoms with Gasteiger partial charge in [0, 0.05) is 18.5 Å². The number of carbonyl (C=O) groups excluding carboxylic acids is 3. The molecule has 5 rings (SSSR count). The number of amides is 3. The minimum atomic E-state index is -0.708. The van der Waals surface area contributed by atoms with Crippen molar-refractivity contribution in [2.45, 2.75) is 70.9 Å². The van der Waals surface area contributed by atoms with Gasteiger partial charge in [0.15, 0.2) is 0 Å². The van der Waals surface area contributed by atoms with Crippen LogP contribution in [0.25, 0.3) is 20.8 Å². The molecule has 1 atom stereocenters. The first-order valence-corrected chi connectivity index (χ1v) is 12.9. The van der Waals surface area contributed by atoms with E-state index in [4.69, 9.17) is 4.98 Å². The van der Waals surface area contributed by atoms with Gasteiger partial charge < -0.3 is 4.90 Å². The van der Waals surface area contributed by atoms with Crippen molar-refractivity contribution < 1.29 is 14.4 Å². The van der Waals surface area contributed by atoms with E-state index in [-0.39, 0.29) is 30.2 Å². The average Bonchev–Trinajstić information content (AvgIpc) is 3.22. The number of hydrogen-bond acceptors (Lipinski definition) is 5. The number of anilines is 1. The van der Waals surface area contributed by atoms with Crippen LogP contribution in [0.15, 0.2) is 42.5 Å². The molecule has 0 radical (unpaired) electrons. The van der Waals surface area contributed by atoms with Gasteiger partial charge in [-0.05, 0) is 61.7 Å². The first kappa shape index (κ1) is 22.7. The maximum atomic E-state index is 13.4. The van der Waals surface area contributed by atoms with Crippen molar-refractivity contribution in [2.75, 3.05) is 4.90 Å². The third kappa shape index (κ3) is 4.25. The van der Waals surface area contributed by atoms with Gasteiger partial charge in [0.25, 0.3) is 5.91 Å². The second-order valence-corrected chi connectivity index (χ2v) is 10.4. The van der Waals surface area contributed by atoms with Gasteiger partial charge in [-0.15, -0.1) is 11.3 Å². The van der Waals surface area contributed by atoms with E-state index in [1.807, 2.05) is 18.2 Å². The van der Waals surface area contributed by atoms with Gasteiger partial charge in [-0.2, -0.15) is 0 Å². The Kier molecular flexibility index (Phi) is 6.21. The minimum absolute atomic E-state index is 0.0340. The van der Waals surface area contributed by atoms with Crippen molar-refractivity contribution in [3.63, 3.8) is 0 Å². The number of benzene rings is 2. The third-order valence-corrected chi connectivity index (χ3v) is 8.02. The first-order valence-electron chi connectivity index (χ1n) is 12.1. The summed E-state index contributed by atoms with van der Waals surface area (Å²) in [6.07, 6.45) is 6.27. The monoisotopic (exact) mass is 475 g/mol. The Bertz CT molecular complexity index is 1240. The zero-order valence-electron chi connectivity index (χ0n) is 19.6. The van der Waals surface area contributed by atoms with E-state index in [1.54, 1.807) is 28.4 Å². The highest BCUT2D eigenvalue weighted by atomic mass is 32.1. The van der Waals surface area contributed by atoms with Gasteiger partial charge in [-0.1, -0.05) is 31.7 Å². The summed E-state index contributed by atoms with van der Waals surface area (Å²) in [4.78, 5) is 46.6. The molecule has 0 N–H and O–H groups in total. The largest absolute Gasteiger partial charge is 0.327 e. The van der Waals surface area contributed by atoms with Crippen molar-refractivity contribution in [3.05, 3.63) is 48.0 Å². The standard InChI is InChI=1S/C27H29N3O3S/c1-17-9-14-22-24(15-17)34-26(28-22)19-10-12-21(13-11-19)30-25(32)16-23(27(30)33)29(18(2)31)20-7-5-3-4-6-8-20/h9-15,20,23H,3-8,16H2,1-2H3. The van der Waals surface area contributed by atoms with Crippen molar-refractivity contribution in [1.29, 1.82) is 0 Å². The molecule has 1 aliphatic carbocycles. The number of aromatic nitrogens is 1. The van der Waals surface area contributed by atoms with Crippen LogP contribution in [0.2, 0.25) is 0 Å². The number of thiazole rings is 1. The summed E-state index contributed by atoms with van der Waals surface area (Å²) in [5, 5.41) is 0.903. The molecule has 0 bridgehead atoms. The molecule has 2 fully saturated rings. The Morgan fingerprint density at radius 3 is 2.41 bits per heavy atom. The van der Waals surface area contributed by atoms with E-state index in [0.29, 0.717) is 5.69 Å². The summed E-state index contributed by atoms with van der Waals surface area (Å²) in [5.74, 6) is -0.674. The van der Waals surface area contributed by atoms with Gasteiger partial charge in [0.05, 0.1) is 22.3 Å². The van der Waals surface area contributed by atoms with Crippen LogP contribution in [-0.2, 0) is 14.4 Å². The molecular weight excluding hydrogens is 446 g/mol. The molecule has 2 aromatic carbocycles. The van der Waals surface area contributed by atoms with Gasteiger partial charge >= 0.3 is 0 Å². The molecule has 1 unspecified atom stereocenters. The minimum Gasteiger partial charge on any atom is -0.327 e. The van der Waals surface area contributed by atoms with Gasteiger partial charge in [0.1, 0.15) is 11.0 Å². The maximum absolute atomic E-state index is 13.4. The lowest BCUT2D eigenvalue weighted by Gasteiger charge is -2.34. The van der Waals surface area contributed by atoms with Crippen molar-refractivity contribution in [1.82, 2.24) is 9.88 Å². The van der Waals surface area contributed by atoms with Crippen LogP contribution >= 0.6 is 11.3 Å². The highest BCUT2D eigenvalue weighted by molar-refractivity contribution is 7.21. The van der Waals surface area contributed by atoms with E-state index in [2.05, 4.69) is 19.1 Å². The topological polar surface area (TPSA) is 70.6 Å². The molecule has 0 spiro atoms. The highest BCUT2D eigenvalue weighted by Gasteiger charge is 2.45. The lowest BCUT2D eigenvalue weighted by Crippen LogP contribution is -2.49. The van der Waals surface area contributed by atoms with E-state index in [1.165, 1.54) is 17.4 Å². The zero-order chi connectivity index (χ0) is 23.8. The van der Waals surface area contributed by atoms with Gasteiger partial charge in [-0.3, -0.25) is 14.4 Å². The van der Waals surface area contributed by atoms with Crippen molar-refractivity contribution in [3.8, 4) is 10.6 Å². The molecule has 1 saturated heterocycles. The molecule has 1 aromatic heterocycles. The van der Waals surface area contributed by atoms with E-state index >= 15 is 0 Å². The zero-order valence-corrected chi connectivity index (χ0v) is 20.4. The Balaban J connectivity index is 1.38. The molecule has 6 nitrogen and oxygen atoms in total. The maximum Gasteiger partial charge on any atom is 0.257 e. The second kappa shape index (κ2) is 9.29. The number of aryl methyl sites for hydroxylation is 1. The molecule has 1 saturated carbocycles. The number of rotatable bonds is 4. The first-order chi connectivity index (χ1) is 16.4. The summed E-state index contributed by atoms with van der Waals surface area (Å²) in [7, 11) is 0. The molecule has 176 valence electrons. The van der Waals surface area contributed by atoms with E-state index < -0.39 is 6.04 Å². The summed E-state index contributed by atoms with van der Waals surface area (Å²) in [6, 6.07) is 12.9. The lowest BCUT2D eigenvalue weighted by atomic mass is 10.0. The molecule has 2 heterocycles. The Labute approximate surface area is 203 Å². The smallest absolute Gasteiger partial charge is 0.257 e. The molecule has 34 heavy (non-hydrogen) atoms. The second-order valence-electron chi connectivity index (χ2n) is 9.40. The average molecular weight is 476 g/mol. The highest BCUT2D eigenvalue weighted by Crippen LogP contribution is 2.34. The molecular formula is C27H29N3O3S. The van der Waals surface area contributed by atoms with E-state index in [9.17, 15) is 14.4 Å². The molecule has 3 aromatic rings. The van der Waals surface area contributed by atoms with Crippen LogP contribution in [0.3, 0.4) is 0 Å². The summed E-state index contributed by atoms with van der Waals surface area (Å²) in [5.41, 5.74) is 3.65. The third-order valence-electron chi connectivity index (χ3n) is 6.96. The van der Waals surface area contributed by atoms with Gasteiger partial charge in [-0.25, -0.2) is 9.88 Å². The van der Waals surface area contributed by atoms with Crippen molar-refractivity contribution in [2.24, 2.45) is 0 Å². The fourth-order valence-electron chi connectivity index (χ4n) is 5.28. The number of hydrogen-bond donors (Lipinski definition) is 0. The normalized spacial score (nSPS) is 19.6. The van der Waals surface area contributed by atoms with Crippen LogP contribution in [-0.4, -0.2) is 39.7 Å². The molecule has 2 aliphatic rings. The molecule has 1 aliphatic heterocycles. The quantitative estimate of drug-likeness (QED) is 0.370. The van der Waals surface area contributed by atoms with Crippen LogP contribution in [0.1, 0.15) is 57.4 Å². The Hall–Kier alpha value is -3.06. The van der Waals surface area contributed by atoms with Crippen LogP contribution in [0.4, 0.5) is 5.69 Å². The summed E-state index contributed by atoms with van der Waals surface area (Å²) in [6.45, 7) is 3.58. The number of imide groups is 1. The number of fused-ring (bicyclic) bond motifs is 1. The van der Waals surface area contributed by atoms with Gasteiger partial charge in [0.2, 0.25) is 11.8 Å². The fraction of sp³-hybridized carbons (Fsp3) is 0.407. The Morgan fingerprint density at radius 1 is 1.03 bits per heavy atom. The number of nitrogens with zero attached hydrogens (tertiary/aromatic N) is 3. The Morgan fingerprint density at radius 2 is 1.74 bits per heavy atom. The fourth-order valence-corrected chi connectivity index (χ4v) is 6.35. The molecule has 3 amide bonds. The lowest BCUT2D eigenvalue weighted by molar-refractivity contribution is -0.139. The van der Waals surface area contributed by atoms with Crippen molar-refractivity contribution >= 4 is 45.0 Å². The predicted molar refractivity (Wildman–Crippen MR) is 135 cm³/mol. The SMILES string of the molecule is CC(=O)N(C1CCCCCC1)C1CC(=O)N(c2ccc(-c3nc4ccc(C)cc4s3)cc2)C1=O. The summed E-state index contributed by atoms with van der Waals surface area (Å²) >= 11 is 1.63. The van der Waals surface area contributed by atoms with E-state index in [0.717, 1.165) is 59.3 Å². The van der Waals surface area contributed by atoms with Crippen LogP contribution in [0.5, 0.6) is 0 Å². The van der Waals surface area contributed by atoms with Crippen LogP contribution < -0.4 is 4.90 Å². The number of carbonyl (C=O) groups is 3. The summed E-state index contributed by atoms with van der Waals surface area (Å²) < 4.78 is 1.13.